The number of amides is 1. The van der Waals surface area contributed by atoms with Crippen molar-refractivity contribution in [3.05, 3.63) is 62.2 Å². The van der Waals surface area contributed by atoms with Crippen LogP contribution in [0.25, 0.3) is 0 Å². The van der Waals surface area contributed by atoms with E-state index in [0.717, 1.165) is 9.13 Å². The number of carbonyl (C=O) groups is 3. The molecule has 130 valence electrons. The summed E-state index contributed by atoms with van der Waals surface area (Å²) in [4.78, 5) is 36.3. The van der Waals surface area contributed by atoms with Gasteiger partial charge in [-0.2, -0.15) is 0 Å². The highest BCUT2D eigenvalue weighted by Gasteiger charge is 2.19. The van der Waals surface area contributed by atoms with Gasteiger partial charge < -0.3 is 14.8 Å². The van der Waals surface area contributed by atoms with E-state index >= 15 is 0 Å². The first-order valence-electron chi connectivity index (χ1n) is 7.26. The molecular formula is C18H16INO5. The Kier molecular flexibility index (Phi) is 6.13. The van der Waals surface area contributed by atoms with Crippen LogP contribution in [-0.2, 0) is 9.47 Å². The van der Waals surface area contributed by atoms with Crippen molar-refractivity contribution >= 4 is 46.1 Å². The van der Waals surface area contributed by atoms with E-state index in [-0.39, 0.29) is 22.7 Å². The number of rotatable bonds is 4. The molecule has 0 heterocycles. The van der Waals surface area contributed by atoms with Crippen LogP contribution in [0.2, 0.25) is 0 Å². The van der Waals surface area contributed by atoms with Gasteiger partial charge in [-0.1, -0.05) is 12.1 Å². The molecule has 2 aromatic carbocycles. The van der Waals surface area contributed by atoms with Gasteiger partial charge in [0.2, 0.25) is 0 Å². The van der Waals surface area contributed by atoms with E-state index in [0.29, 0.717) is 5.56 Å². The topological polar surface area (TPSA) is 81.7 Å². The van der Waals surface area contributed by atoms with E-state index in [1.807, 2.05) is 13.0 Å². The number of esters is 2. The van der Waals surface area contributed by atoms with Gasteiger partial charge >= 0.3 is 11.9 Å². The monoisotopic (exact) mass is 453 g/mol. The lowest BCUT2D eigenvalue weighted by molar-refractivity contribution is 0.0587. The molecule has 0 aliphatic heterocycles. The average Bonchev–Trinajstić information content (AvgIpc) is 2.62. The molecule has 0 spiro atoms. The molecule has 0 fully saturated rings. The maximum Gasteiger partial charge on any atom is 0.339 e. The van der Waals surface area contributed by atoms with E-state index in [9.17, 15) is 14.4 Å². The van der Waals surface area contributed by atoms with Gasteiger partial charge in [0.05, 0.1) is 36.6 Å². The van der Waals surface area contributed by atoms with E-state index < -0.39 is 11.9 Å². The van der Waals surface area contributed by atoms with Gasteiger partial charge in [0, 0.05) is 3.57 Å². The summed E-state index contributed by atoms with van der Waals surface area (Å²) in [7, 11) is 2.50. The maximum absolute atomic E-state index is 12.6. The van der Waals surface area contributed by atoms with Crippen LogP contribution in [0.1, 0.15) is 36.6 Å². The van der Waals surface area contributed by atoms with Crippen molar-refractivity contribution in [2.45, 2.75) is 6.92 Å². The van der Waals surface area contributed by atoms with Crippen LogP contribution in [0.5, 0.6) is 0 Å². The van der Waals surface area contributed by atoms with Gasteiger partial charge in [-0.25, -0.2) is 9.59 Å². The van der Waals surface area contributed by atoms with Gasteiger partial charge in [0.1, 0.15) is 0 Å². The molecule has 0 radical (unpaired) electrons. The summed E-state index contributed by atoms with van der Waals surface area (Å²) in [6, 6.07) is 9.60. The number of halogens is 1. The zero-order valence-corrected chi connectivity index (χ0v) is 16.0. The van der Waals surface area contributed by atoms with Gasteiger partial charge in [0.25, 0.3) is 5.91 Å². The van der Waals surface area contributed by atoms with Crippen LogP contribution in [-0.4, -0.2) is 32.1 Å². The smallest absolute Gasteiger partial charge is 0.339 e. The van der Waals surface area contributed by atoms with Crippen molar-refractivity contribution < 1.29 is 23.9 Å². The quantitative estimate of drug-likeness (QED) is 0.567. The highest BCUT2D eigenvalue weighted by molar-refractivity contribution is 14.1. The number of anilines is 1. The Hall–Kier alpha value is -2.42. The third-order valence-corrected chi connectivity index (χ3v) is 4.96. The lowest BCUT2D eigenvalue weighted by Gasteiger charge is -2.13. The van der Waals surface area contributed by atoms with E-state index in [1.54, 1.807) is 12.1 Å². The summed E-state index contributed by atoms with van der Waals surface area (Å²) in [5, 5.41) is 2.68. The maximum atomic E-state index is 12.6. The van der Waals surface area contributed by atoms with Crippen LogP contribution in [0, 0.1) is 10.5 Å². The third kappa shape index (κ3) is 4.16. The van der Waals surface area contributed by atoms with Crippen molar-refractivity contribution in [2.75, 3.05) is 19.5 Å². The van der Waals surface area contributed by atoms with Crippen LogP contribution in [0.3, 0.4) is 0 Å². The van der Waals surface area contributed by atoms with Crippen molar-refractivity contribution in [3.8, 4) is 0 Å². The predicted molar refractivity (Wildman–Crippen MR) is 101 cm³/mol. The number of hydrogen-bond acceptors (Lipinski definition) is 5. The Balaban J connectivity index is 2.45. The first-order chi connectivity index (χ1) is 11.9. The Labute approximate surface area is 158 Å². The number of nitrogens with one attached hydrogen (secondary N) is 1. The summed E-state index contributed by atoms with van der Waals surface area (Å²) < 4.78 is 10.2. The fourth-order valence-corrected chi connectivity index (χ4v) is 2.80. The SMILES string of the molecule is COC(=O)c1ccc(C(=O)OC)c(NC(=O)c2cccc(C)c2I)c1. The van der Waals surface area contributed by atoms with E-state index in [2.05, 4.69) is 32.6 Å². The highest BCUT2D eigenvalue weighted by atomic mass is 127. The number of aryl methyl sites for hydroxylation is 1. The summed E-state index contributed by atoms with van der Waals surface area (Å²) in [5.41, 5.74) is 1.97. The van der Waals surface area contributed by atoms with Gasteiger partial charge in [-0.3, -0.25) is 4.79 Å². The number of benzene rings is 2. The van der Waals surface area contributed by atoms with Crippen LogP contribution in [0.15, 0.2) is 36.4 Å². The molecule has 0 aliphatic carbocycles. The highest BCUT2D eigenvalue weighted by Crippen LogP contribution is 2.23. The molecule has 0 saturated carbocycles. The molecule has 0 bridgehead atoms. The number of carbonyl (C=O) groups excluding carboxylic acids is 3. The fraction of sp³-hybridized carbons (Fsp3) is 0.167. The van der Waals surface area contributed by atoms with Crippen LogP contribution < -0.4 is 5.32 Å². The van der Waals surface area contributed by atoms with Crippen LogP contribution in [0.4, 0.5) is 5.69 Å². The second kappa shape index (κ2) is 8.11. The van der Waals surface area contributed by atoms with Crippen molar-refractivity contribution in [2.24, 2.45) is 0 Å². The second-order valence-electron chi connectivity index (χ2n) is 5.13. The van der Waals surface area contributed by atoms with Gasteiger partial charge in [0.15, 0.2) is 0 Å². The Morgan fingerprint density at radius 3 is 2.28 bits per heavy atom. The molecule has 1 amide bonds. The molecular weight excluding hydrogens is 437 g/mol. The Bertz CT molecular complexity index is 847. The molecule has 0 aliphatic rings. The normalized spacial score (nSPS) is 10.1. The zero-order valence-electron chi connectivity index (χ0n) is 13.9. The molecule has 6 nitrogen and oxygen atoms in total. The largest absolute Gasteiger partial charge is 0.465 e. The Morgan fingerprint density at radius 1 is 0.960 bits per heavy atom. The predicted octanol–water partition coefficient (Wildman–Crippen LogP) is 3.43. The minimum absolute atomic E-state index is 0.145. The average molecular weight is 453 g/mol. The minimum atomic E-state index is -0.620. The summed E-state index contributed by atoms with van der Waals surface area (Å²) in [6.45, 7) is 1.90. The van der Waals surface area contributed by atoms with Crippen molar-refractivity contribution in [1.29, 1.82) is 0 Å². The molecule has 7 heteroatoms. The molecule has 1 N–H and O–H groups in total. The first-order valence-corrected chi connectivity index (χ1v) is 8.34. The lowest BCUT2D eigenvalue weighted by Crippen LogP contribution is -2.17. The van der Waals surface area contributed by atoms with Gasteiger partial charge in [-0.05, 0) is 59.3 Å². The lowest BCUT2D eigenvalue weighted by atomic mass is 10.1. The number of hydrogen-bond donors (Lipinski definition) is 1. The Morgan fingerprint density at radius 2 is 1.64 bits per heavy atom. The van der Waals surface area contributed by atoms with E-state index in [4.69, 9.17) is 4.74 Å². The van der Waals surface area contributed by atoms with Crippen LogP contribution >= 0.6 is 22.6 Å². The fourth-order valence-electron chi connectivity index (χ4n) is 2.19. The number of methoxy groups -OCH3 is 2. The third-order valence-electron chi connectivity index (χ3n) is 3.53. The van der Waals surface area contributed by atoms with Crippen molar-refractivity contribution in [1.82, 2.24) is 0 Å². The summed E-state index contributed by atoms with van der Waals surface area (Å²) in [6.07, 6.45) is 0. The molecule has 0 aromatic heterocycles. The molecule has 2 aromatic rings. The molecule has 25 heavy (non-hydrogen) atoms. The molecule has 0 unspecified atom stereocenters. The zero-order chi connectivity index (χ0) is 18.6. The minimum Gasteiger partial charge on any atom is -0.465 e. The summed E-state index contributed by atoms with van der Waals surface area (Å²) >= 11 is 2.09. The second-order valence-corrected chi connectivity index (χ2v) is 6.21. The molecule has 0 atom stereocenters. The van der Waals surface area contributed by atoms with Gasteiger partial charge in [-0.15, -0.1) is 0 Å². The molecule has 2 rings (SSSR count). The first kappa shape index (κ1) is 18.9. The molecule has 0 saturated heterocycles. The number of ether oxygens (including phenoxy) is 2. The standard InChI is InChI=1S/C18H16INO5/c1-10-5-4-6-13(15(10)19)16(21)20-14-9-11(17(22)24-2)7-8-12(14)18(23)25-3/h4-9H,1-3H3,(H,20,21). The summed E-state index contributed by atoms with van der Waals surface area (Å²) in [5.74, 6) is -1.58. The van der Waals surface area contributed by atoms with Crippen molar-refractivity contribution in [3.63, 3.8) is 0 Å². The van der Waals surface area contributed by atoms with E-state index in [1.165, 1.54) is 32.4 Å².